The number of hydrogen-bond donors (Lipinski definition) is 1. The molecule has 0 radical (unpaired) electrons. The average molecular weight is 229 g/mol. The number of carbonyl (C=O) groups excluding carboxylic acids is 2. The molecule has 0 aromatic rings. The molecule has 1 aliphatic rings. The Labute approximate surface area is 95.4 Å². The lowest BCUT2D eigenvalue weighted by atomic mass is 10.1. The molecule has 1 heterocycles. The Morgan fingerprint density at radius 2 is 2.25 bits per heavy atom. The fourth-order valence-corrected chi connectivity index (χ4v) is 1.85. The van der Waals surface area contributed by atoms with Crippen LogP contribution in [0.5, 0.6) is 0 Å². The molecule has 0 aromatic carbocycles. The van der Waals surface area contributed by atoms with Crippen molar-refractivity contribution >= 4 is 11.8 Å². The number of β-amino-alcohol motifs (C(OH)–C–C–N with tert-alkyl or cyclic N) is 1. The second-order valence-electron chi connectivity index (χ2n) is 4.05. The first kappa shape index (κ1) is 13.1. The molecule has 0 amide bonds. The molecule has 1 aliphatic heterocycles. The number of ketones is 1. The van der Waals surface area contributed by atoms with Crippen molar-refractivity contribution in [3.05, 3.63) is 0 Å². The minimum Gasteiger partial charge on any atom is -0.466 e. The normalized spacial score (nSPS) is 21.8. The van der Waals surface area contributed by atoms with Crippen LogP contribution in [-0.4, -0.2) is 54.1 Å². The first-order valence-corrected chi connectivity index (χ1v) is 5.69. The van der Waals surface area contributed by atoms with Gasteiger partial charge in [0.05, 0.1) is 19.3 Å². The highest BCUT2D eigenvalue weighted by atomic mass is 16.5. The number of esters is 1. The van der Waals surface area contributed by atoms with E-state index in [1.807, 2.05) is 4.90 Å². The number of rotatable bonds is 5. The standard InChI is InChI=1S/C11H19NO4/c1-2-16-11(15)6-10(14)8-12-5-3-4-9(13)7-12/h9,13H,2-8H2,1H3. The SMILES string of the molecule is CCOC(=O)CC(=O)CN1CCCC(O)C1. The van der Waals surface area contributed by atoms with Crippen LogP contribution in [0.1, 0.15) is 26.2 Å². The molecule has 0 saturated carbocycles. The molecule has 5 heteroatoms. The Morgan fingerprint density at radius 3 is 2.88 bits per heavy atom. The first-order valence-electron chi connectivity index (χ1n) is 5.69. The van der Waals surface area contributed by atoms with E-state index in [1.54, 1.807) is 6.92 Å². The average Bonchev–Trinajstić information content (AvgIpc) is 2.17. The summed E-state index contributed by atoms with van der Waals surface area (Å²) in [5.74, 6) is -0.613. The molecule has 1 rings (SSSR count). The van der Waals surface area contributed by atoms with Crippen LogP contribution in [0.15, 0.2) is 0 Å². The second kappa shape index (κ2) is 6.60. The second-order valence-corrected chi connectivity index (χ2v) is 4.05. The van der Waals surface area contributed by atoms with Crippen molar-refractivity contribution in [2.45, 2.75) is 32.3 Å². The predicted molar refractivity (Wildman–Crippen MR) is 57.9 cm³/mol. The van der Waals surface area contributed by atoms with Crippen molar-refractivity contribution in [3.63, 3.8) is 0 Å². The zero-order chi connectivity index (χ0) is 12.0. The Balaban J connectivity index is 2.25. The molecule has 16 heavy (non-hydrogen) atoms. The number of hydrogen-bond acceptors (Lipinski definition) is 5. The van der Waals surface area contributed by atoms with Gasteiger partial charge in [-0.3, -0.25) is 14.5 Å². The topological polar surface area (TPSA) is 66.8 Å². The van der Waals surface area contributed by atoms with Gasteiger partial charge in [0.2, 0.25) is 0 Å². The third-order valence-corrected chi connectivity index (χ3v) is 2.53. The van der Waals surface area contributed by atoms with E-state index < -0.39 is 5.97 Å². The quantitative estimate of drug-likeness (QED) is 0.529. The smallest absolute Gasteiger partial charge is 0.313 e. The van der Waals surface area contributed by atoms with E-state index in [-0.39, 0.29) is 24.9 Å². The number of carbonyl (C=O) groups is 2. The number of nitrogens with zero attached hydrogens (tertiary/aromatic N) is 1. The van der Waals surface area contributed by atoms with Gasteiger partial charge < -0.3 is 9.84 Å². The van der Waals surface area contributed by atoms with E-state index >= 15 is 0 Å². The maximum atomic E-state index is 11.5. The third-order valence-electron chi connectivity index (χ3n) is 2.53. The Bertz CT molecular complexity index is 254. The minimum atomic E-state index is -0.468. The number of aliphatic hydroxyl groups excluding tert-OH is 1. The van der Waals surface area contributed by atoms with Crippen LogP contribution < -0.4 is 0 Å². The summed E-state index contributed by atoms with van der Waals surface area (Å²) in [5, 5.41) is 9.41. The summed E-state index contributed by atoms with van der Waals surface area (Å²) in [7, 11) is 0. The van der Waals surface area contributed by atoms with Gasteiger partial charge >= 0.3 is 5.97 Å². The Kier molecular flexibility index (Phi) is 5.42. The van der Waals surface area contributed by atoms with E-state index in [2.05, 4.69) is 0 Å². The summed E-state index contributed by atoms with van der Waals surface area (Å²) in [4.78, 5) is 24.4. The van der Waals surface area contributed by atoms with Crippen LogP contribution in [0.2, 0.25) is 0 Å². The van der Waals surface area contributed by atoms with Gasteiger partial charge in [0.15, 0.2) is 5.78 Å². The van der Waals surface area contributed by atoms with E-state index in [0.717, 1.165) is 19.4 Å². The van der Waals surface area contributed by atoms with Crippen LogP contribution in [0.4, 0.5) is 0 Å². The van der Waals surface area contributed by atoms with Crippen LogP contribution in [-0.2, 0) is 14.3 Å². The minimum absolute atomic E-state index is 0.146. The third kappa shape index (κ3) is 4.72. The lowest BCUT2D eigenvalue weighted by Gasteiger charge is -2.29. The van der Waals surface area contributed by atoms with Crippen molar-refractivity contribution < 1.29 is 19.4 Å². The highest BCUT2D eigenvalue weighted by Crippen LogP contribution is 2.09. The largest absolute Gasteiger partial charge is 0.466 e. The molecule has 5 nitrogen and oxygen atoms in total. The van der Waals surface area contributed by atoms with E-state index in [0.29, 0.717) is 13.2 Å². The number of likely N-dealkylation sites (tertiary alicyclic amines) is 1. The molecule has 0 spiro atoms. The van der Waals surface area contributed by atoms with Gasteiger partial charge in [0.1, 0.15) is 6.42 Å². The molecule has 0 aliphatic carbocycles. The van der Waals surface area contributed by atoms with E-state index in [1.165, 1.54) is 0 Å². The van der Waals surface area contributed by atoms with Gasteiger partial charge in [0, 0.05) is 6.54 Å². The molecule has 1 atom stereocenters. The number of piperidine rings is 1. The lowest BCUT2D eigenvalue weighted by molar-refractivity contribution is -0.145. The number of Topliss-reactive ketones (excluding diaryl/α,β-unsaturated/α-hetero) is 1. The Morgan fingerprint density at radius 1 is 1.50 bits per heavy atom. The highest BCUT2D eigenvalue weighted by molar-refractivity contribution is 5.96. The summed E-state index contributed by atoms with van der Waals surface area (Å²) >= 11 is 0. The molecule has 92 valence electrons. The number of aliphatic hydroxyl groups is 1. The van der Waals surface area contributed by atoms with Gasteiger partial charge in [-0.15, -0.1) is 0 Å². The summed E-state index contributed by atoms with van der Waals surface area (Å²) in [6, 6.07) is 0. The van der Waals surface area contributed by atoms with Gasteiger partial charge in [-0.05, 0) is 26.3 Å². The summed E-state index contributed by atoms with van der Waals surface area (Å²) in [6.45, 7) is 3.58. The van der Waals surface area contributed by atoms with Gasteiger partial charge in [0.25, 0.3) is 0 Å². The van der Waals surface area contributed by atoms with E-state index in [4.69, 9.17) is 4.74 Å². The lowest BCUT2D eigenvalue weighted by Crippen LogP contribution is -2.41. The predicted octanol–water partition coefficient (Wildman–Crippen LogP) is -0.0346. The molecule has 1 saturated heterocycles. The Hall–Kier alpha value is -0.940. The number of ether oxygens (including phenoxy) is 1. The maximum Gasteiger partial charge on any atom is 0.313 e. The van der Waals surface area contributed by atoms with Crippen molar-refractivity contribution in [1.82, 2.24) is 4.90 Å². The fourth-order valence-electron chi connectivity index (χ4n) is 1.85. The van der Waals surface area contributed by atoms with Gasteiger partial charge in [-0.25, -0.2) is 0 Å². The van der Waals surface area contributed by atoms with Crippen molar-refractivity contribution in [3.8, 4) is 0 Å². The molecule has 1 N–H and O–H groups in total. The summed E-state index contributed by atoms with van der Waals surface area (Å²) in [6.07, 6.45) is 1.18. The van der Waals surface area contributed by atoms with Crippen molar-refractivity contribution in [2.24, 2.45) is 0 Å². The fraction of sp³-hybridized carbons (Fsp3) is 0.818. The molecule has 0 aromatic heterocycles. The highest BCUT2D eigenvalue weighted by Gasteiger charge is 2.20. The van der Waals surface area contributed by atoms with Gasteiger partial charge in [-0.2, -0.15) is 0 Å². The molecule has 0 bridgehead atoms. The maximum absolute atomic E-state index is 11.5. The zero-order valence-corrected chi connectivity index (χ0v) is 9.65. The zero-order valence-electron chi connectivity index (χ0n) is 9.65. The first-order chi connectivity index (χ1) is 7.61. The monoisotopic (exact) mass is 229 g/mol. The molecule has 1 unspecified atom stereocenters. The van der Waals surface area contributed by atoms with Crippen LogP contribution in [0, 0.1) is 0 Å². The van der Waals surface area contributed by atoms with Crippen molar-refractivity contribution in [2.75, 3.05) is 26.2 Å². The van der Waals surface area contributed by atoms with Crippen LogP contribution in [0.3, 0.4) is 0 Å². The summed E-state index contributed by atoms with van der Waals surface area (Å²) in [5.41, 5.74) is 0. The molecule has 1 fully saturated rings. The summed E-state index contributed by atoms with van der Waals surface area (Å²) < 4.78 is 4.70. The van der Waals surface area contributed by atoms with Gasteiger partial charge in [-0.1, -0.05) is 0 Å². The molecular formula is C11H19NO4. The van der Waals surface area contributed by atoms with E-state index in [9.17, 15) is 14.7 Å². The van der Waals surface area contributed by atoms with Crippen LogP contribution >= 0.6 is 0 Å². The van der Waals surface area contributed by atoms with Crippen LogP contribution in [0.25, 0.3) is 0 Å². The van der Waals surface area contributed by atoms with Crippen molar-refractivity contribution in [1.29, 1.82) is 0 Å². The molecular weight excluding hydrogens is 210 g/mol.